The topological polar surface area (TPSA) is 49.3 Å². The Morgan fingerprint density at radius 1 is 1.73 bits per heavy atom. The summed E-state index contributed by atoms with van der Waals surface area (Å²) in [7, 11) is 0. The Balaban J connectivity index is 2.43. The van der Waals surface area contributed by atoms with E-state index in [1.807, 2.05) is 5.38 Å². The first-order valence-electron chi connectivity index (χ1n) is 3.26. The van der Waals surface area contributed by atoms with Gasteiger partial charge in [0.25, 0.3) is 5.91 Å². The summed E-state index contributed by atoms with van der Waals surface area (Å²) in [6.07, 6.45) is 0. The van der Waals surface area contributed by atoms with Crippen molar-refractivity contribution < 1.29 is 9.90 Å². The van der Waals surface area contributed by atoms with E-state index >= 15 is 0 Å². The minimum Gasteiger partial charge on any atom is -0.395 e. The van der Waals surface area contributed by atoms with Crippen molar-refractivity contribution in [3.05, 3.63) is 22.4 Å². The average molecular weight is 171 g/mol. The van der Waals surface area contributed by atoms with Crippen LogP contribution in [0.25, 0.3) is 0 Å². The lowest BCUT2D eigenvalue weighted by molar-refractivity contribution is 0.0945. The summed E-state index contributed by atoms with van der Waals surface area (Å²) in [6, 6.07) is 1.75. The van der Waals surface area contributed by atoms with Crippen molar-refractivity contribution in [2.75, 3.05) is 13.2 Å². The fraction of sp³-hybridized carbons (Fsp3) is 0.286. The second kappa shape index (κ2) is 4.10. The molecule has 0 spiro atoms. The predicted octanol–water partition coefficient (Wildman–Crippen LogP) is 0.470. The van der Waals surface area contributed by atoms with Crippen LogP contribution in [0.4, 0.5) is 0 Å². The van der Waals surface area contributed by atoms with E-state index in [-0.39, 0.29) is 12.5 Å². The zero-order valence-corrected chi connectivity index (χ0v) is 6.73. The Labute approximate surface area is 68.7 Å². The molecule has 1 aromatic rings. The number of hydrogen-bond donors (Lipinski definition) is 2. The molecule has 2 N–H and O–H groups in total. The molecular formula is C7H9NO2S. The first-order valence-corrected chi connectivity index (χ1v) is 4.20. The molecule has 1 heterocycles. The van der Waals surface area contributed by atoms with Gasteiger partial charge in [-0.1, -0.05) is 0 Å². The summed E-state index contributed by atoms with van der Waals surface area (Å²) in [5, 5.41) is 14.6. The normalized spacial score (nSPS) is 9.55. The van der Waals surface area contributed by atoms with Crippen molar-refractivity contribution in [2.24, 2.45) is 0 Å². The van der Waals surface area contributed by atoms with E-state index in [4.69, 9.17) is 5.11 Å². The molecule has 1 amide bonds. The van der Waals surface area contributed by atoms with Crippen LogP contribution in [-0.2, 0) is 0 Å². The lowest BCUT2D eigenvalue weighted by atomic mass is 10.3. The molecule has 1 aromatic heterocycles. The van der Waals surface area contributed by atoms with Crippen molar-refractivity contribution in [3.8, 4) is 0 Å². The molecule has 0 aliphatic carbocycles. The standard InChI is InChI=1S/C7H9NO2S/c9-3-2-8-7(10)6-1-4-11-5-6/h1,4-5,9H,2-3H2,(H,8,10). The van der Waals surface area contributed by atoms with Gasteiger partial charge in [-0.2, -0.15) is 11.3 Å². The molecule has 11 heavy (non-hydrogen) atoms. The molecule has 0 aliphatic heterocycles. The Bertz CT molecular complexity index is 220. The molecule has 0 aromatic carbocycles. The minimum absolute atomic E-state index is 0.0180. The summed E-state index contributed by atoms with van der Waals surface area (Å²) in [6.45, 7) is 0.296. The van der Waals surface area contributed by atoms with Gasteiger partial charge in [-0.05, 0) is 11.4 Å². The van der Waals surface area contributed by atoms with E-state index in [2.05, 4.69) is 5.32 Å². The second-order valence-electron chi connectivity index (χ2n) is 1.99. The molecule has 4 heteroatoms. The smallest absolute Gasteiger partial charge is 0.252 e. The van der Waals surface area contributed by atoms with Gasteiger partial charge in [0, 0.05) is 17.5 Å². The van der Waals surface area contributed by atoms with E-state index in [9.17, 15) is 4.79 Å². The van der Waals surface area contributed by atoms with Gasteiger partial charge in [0.15, 0.2) is 0 Å². The van der Waals surface area contributed by atoms with Gasteiger partial charge in [-0.25, -0.2) is 0 Å². The average Bonchev–Trinajstić information content (AvgIpc) is 2.52. The van der Waals surface area contributed by atoms with E-state index in [1.54, 1.807) is 11.4 Å². The molecule has 0 saturated heterocycles. The molecule has 0 saturated carbocycles. The van der Waals surface area contributed by atoms with Gasteiger partial charge < -0.3 is 10.4 Å². The fourth-order valence-corrected chi connectivity index (χ4v) is 1.30. The number of nitrogens with one attached hydrogen (secondary N) is 1. The zero-order chi connectivity index (χ0) is 8.10. The minimum atomic E-state index is -0.125. The van der Waals surface area contributed by atoms with E-state index in [1.165, 1.54) is 11.3 Å². The zero-order valence-electron chi connectivity index (χ0n) is 5.91. The lowest BCUT2D eigenvalue weighted by Crippen LogP contribution is -2.25. The van der Waals surface area contributed by atoms with Crippen LogP contribution in [0.2, 0.25) is 0 Å². The third kappa shape index (κ3) is 2.32. The van der Waals surface area contributed by atoms with E-state index in [0.717, 1.165) is 0 Å². The van der Waals surface area contributed by atoms with Crippen LogP contribution in [0, 0.1) is 0 Å². The van der Waals surface area contributed by atoms with Gasteiger partial charge in [-0.3, -0.25) is 4.79 Å². The SMILES string of the molecule is O=C(NCCO)c1ccsc1. The maximum atomic E-state index is 11.0. The van der Waals surface area contributed by atoms with Crippen LogP contribution in [0.15, 0.2) is 16.8 Å². The number of rotatable bonds is 3. The Morgan fingerprint density at radius 3 is 3.09 bits per heavy atom. The molecule has 0 radical (unpaired) electrons. The Hall–Kier alpha value is -0.870. The van der Waals surface area contributed by atoms with Crippen LogP contribution >= 0.6 is 11.3 Å². The highest BCUT2D eigenvalue weighted by molar-refractivity contribution is 7.08. The van der Waals surface area contributed by atoms with Gasteiger partial charge in [0.05, 0.1) is 6.61 Å². The molecule has 0 aliphatic rings. The second-order valence-corrected chi connectivity index (χ2v) is 2.77. The molecule has 1 rings (SSSR count). The van der Waals surface area contributed by atoms with Gasteiger partial charge in [0.1, 0.15) is 0 Å². The number of carbonyl (C=O) groups excluding carboxylic acids is 1. The van der Waals surface area contributed by atoms with Crippen molar-refractivity contribution in [1.29, 1.82) is 0 Å². The van der Waals surface area contributed by atoms with Crippen LogP contribution in [-0.4, -0.2) is 24.2 Å². The number of amides is 1. The molecule has 0 atom stereocenters. The summed E-state index contributed by atoms with van der Waals surface area (Å²) < 4.78 is 0. The molecule has 3 nitrogen and oxygen atoms in total. The number of aliphatic hydroxyl groups excluding tert-OH is 1. The van der Waals surface area contributed by atoms with Gasteiger partial charge in [-0.15, -0.1) is 0 Å². The fourth-order valence-electron chi connectivity index (χ4n) is 0.665. The molecule has 0 fully saturated rings. The van der Waals surface area contributed by atoms with Crippen molar-refractivity contribution >= 4 is 17.2 Å². The number of thiophene rings is 1. The summed E-state index contributed by atoms with van der Waals surface area (Å²) in [4.78, 5) is 11.0. The highest BCUT2D eigenvalue weighted by atomic mass is 32.1. The van der Waals surface area contributed by atoms with E-state index < -0.39 is 0 Å². The van der Waals surface area contributed by atoms with Crippen LogP contribution in [0.5, 0.6) is 0 Å². The third-order valence-corrected chi connectivity index (χ3v) is 1.86. The maximum absolute atomic E-state index is 11.0. The van der Waals surface area contributed by atoms with Crippen molar-refractivity contribution in [3.63, 3.8) is 0 Å². The molecule has 0 bridgehead atoms. The summed E-state index contributed by atoms with van der Waals surface area (Å²) in [5.74, 6) is -0.125. The Morgan fingerprint density at radius 2 is 2.55 bits per heavy atom. The number of hydrogen-bond acceptors (Lipinski definition) is 3. The van der Waals surface area contributed by atoms with Gasteiger partial charge in [0.2, 0.25) is 0 Å². The Kier molecular flexibility index (Phi) is 3.07. The predicted molar refractivity (Wildman–Crippen MR) is 43.7 cm³/mol. The summed E-state index contributed by atoms with van der Waals surface area (Å²) >= 11 is 1.48. The first kappa shape index (κ1) is 8.23. The lowest BCUT2D eigenvalue weighted by Gasteiger charge is -1.98. The van der Waals surface area contributed by atoms with Crippen LogP contribution in [0.1, 0.15) is 10.4 Å². The molecule has 60 valence electrons. The maximum Gasteiger partial charge on any atom is 0.252 e. The number of carbonyl (C=O) groups is 1. The van der Waals surface area contributed by atoms with Crippen molar-refractivity contribution in [1.82, 2.24) is 5.32 Å². The summed E-state index contributed by atoms with van der Waals surface area (Å²) in [5.41, 5.74) is 0.656. The quantitative estimate of drug-likeness (QED) is 0.694. The molecule has 0 unspecified atom stereocenters. The largest absolute Gasteiger partial charge is 0.395 e. The molecular weight excluding hydrogens is 162 g/mol. The first-order chi connectivity index (χ1) is 5.34. The van der Waals surface area contributed by atoms with Crippen molar-refractivity contribution in [2.45, 2.75) is 0 Å². The van der Waals surface area contributed by atoms with Crippen LogP contribution in [0.3, 0.4) is 0 Å². The third-order valence-electron chi connectivity index (χ3n) is 1.18. The highest BCUT2D eigenvalue weighted by Crippen LogP contribution is 2.04. The van der Waals surface area contributed by atoms with Crippen LogP contribution < -0.4 is 5.32 Å². The number of aliphatic hydroxyl groups is 1. The highest BCUT2D eigenvalue weighted by Gasteiger charge is 2.02. The monoisotopic (exact) mass is 171 g/mol. The van der Waals surface area contributed by atoms with Gasteiger partial charge >= 0.3 is 0 Å². The van der Waals surface area contributed by atoms with E-state index in [0.29, 0.717) is 12.1 Å².